The first-order valence-electron chi connectivity index (χ1n) is 10.0. The van der Waals surface area contributed by atoms with E-state index in [1.165, 1.54) is 56.7 Å². The highest BCUT2D eigenvalue weighted by Crippen LogP contribution is 2.34. The standard InChI is InChI=1S/C25H20F2N2O4/c1-32-20-12-11-18(13-21(20)33-2)28-23-22(15-7-9-17(26)10-8-15)24(30)29(25(23)31)14-16-5-3-4-6-19(16)27/h3-13,28H,14H2,1-2H3. The van der Waals surface area contributed by atoms with Crippen molar-refractivity contribution in [3.8, 4) is 11.5 Å². The van der Waals surface area contributed by atoms with Crippen molar-refractivity contribution in [1.29, 1.82) is 0 Å². The molecule has 2 amide bonds. The van der Waals surface area contributed by atoms with Crippen LogP contribution in [0.15, 0.2) is 72.4 Å². The van der Waals surface area contributed by atoms with Crippen LogP contribution in [0.3, 0.4) is 0 Å². The van der Waals surface area contributed by atoms with E-state index in [0.29, 0.717) is 22.7 Å². The molecule has 1 heterocycles. The normalized spacial score (nSPS) is 13.5. The molecule has 0 bridgehead atoms. The van der Waals surface area contributed by atoms with Gasteiger partial charge in [0.25, 0.3) is 11.8 Å². The van der Waals surface area contributed by atoms with Crippen LogP contribution in [0.2, 0.25) is 0 Å². The van der Waals surface area contributed by atoms with Crippen LogP contribution in [0.1, 0.15) is 11.1 Å². The van der Waals surface area contributed by atoms with Crippen molar-refractivity contribution in [2.75, 3.05) is 19.5 Å². The van der Waals surface area contributed by atoms with Crippen LogP contribution in [0, 0.1) is 11.6 Å². The Kier molecular flexibility index (Phi) is 6.08. The van der Waals surface area contributed by atoms with E-state index < -0.39 is 23.4 Å². The summed E-state index contributed by atoms with van der Waals surface area (Å²) in [6.45, 7) is -0.244. The molecule has 0 aliphatic carbocycles. The SMILES string of the molecule is COc1ccc(NC2=C(c3ccc(F)cc3)C(=O)N(Cc3ccccc3F)C2=O)cc1OC. The summed E-state index contributed by atoms with van der Waals surface area (Å²) in [5.41, 5.74) is 1.08. The van der Waals surface area contributed by atoms with Crippen LogP contribution in [0.25, 0.3) is 5.57 Å². The second kappa shape index (κ2) is 9.12. The quantitative estimate of drug-likeness (QED) is 0.542. The monoisotopic (exact) mass is 450 g/mol. The summed E-state index contributed by atoms with van der Waals surface area (Å²) in [6.07, 6.45) is 0. The van der Waals surface area contributed by atoms with Gasteiger partial charge in [0.05, 0.1) is 26.3 Å². The molecule has 0 radical (unpaired) electrons. The molecule has 0 saturated heterocycles. The van der Waals surface area contributed by atoms with Crippen LogP contribution in [0.5, 0.6) is 11.5 Å². The molecule has 1 N–H and O–H groups in total. The second-order valence-electron chi connectivity index (χ2n) is 7.24. The third-order valence-corrected chi connectivity index (χ3v) is 5.24. The Morgan fingerprint density at radius 1 is 0.848 bits per heavy atom. The van der Waals surface area contributed by atoms with Crippen molar-refractivity contribution in [2.24, 2.45) is 0 Å². The maximum atomic E-state index is 14.2. The molecular weight excluding hydrogens is 430 g/mol. The van der Waals surface area contributed by atoms with Crippen LogP contribution in [-0.2, 0) is 16.1 Å². The summed E-state index contributed by atoms with van der Waals surface area (Å²) in [7, 11) is 2.98. The van der Waals surface area contributed by atoms with E-state index in [1.54, 1.807) is 24.3 Å². The Bertz CT molecular complexity index is 1260. The summed E-state index contributed by atoms with van der Waals surface area (Å²) in [6, 6.07) is 16.1. The van der Waals surface area contributed by atoms with Gasteiger partial charge in [-0.1, -0.05) is 30.3 Å². The lowest BCUT2D eigenvalue weighted by Gasteiger charge is -2.16. The van der Waals surface area contributed by atoms with E-state index in [9.17, 15) is 18.4 Å². The molecule has 0 aromatic heterocycles. The van der Waals surface area contributed by atoms with Crippen LogP contribution >= 0.6 is 0 Å². The summed E-state index contributed by atoms with van der Waals surface area (Å²) in [4.78, 5) is 27.5. The molecule has 6 nitrogen and oxygen atoms in total. The van der Waals surface area contributed by atoms with E-state index in [1.807, 2.05) is 0 Å². The van der Waals surface area contributed by atoms with Gasteiger partial charge in [0.1, 0.15) is 17.3 Å². The Morgan fingerprint density at radius 3 is 2.21 bits per heavy atom. The average molecular weight is 450 g/mol. The van der Waals surface area contributed by atoms with Gasteiger partial charge in [0, 0.05) is 17.3 Å². The third kappa shape index (κ3) is 4.27. The number of nitrogens with zero attached hydrogens (tertiary/aromatic N) is 1. The number of benzene rings is 3. The number of rotatable bonds is 7. The minimum absolute atomic E-state index is 0.00447. The molecule has 0 atom stereocenters. The molecule has 1 aliphatic rings. The highest BCUT2D eigenvalue weighted by Gasteiger charge is 2.39. The number of hydrogen-bond donors (Lipinski definition) is 1. The molecule has 0 unspecified atom stereocenters. The van der Waals surface area contributed by atoms with Crippen molar-refractivity contribution in [3.05, 3.63) is 95.2 Å². The van der Waals surface area contributed by atoms with E-state index in [-0.39, 0.29) is 23.4 Å². The number of halogens is 2. The number of nitrogens with one attached hydrogen (secondary N) is 1. The Labute approximate surface area is 189 Å². The molecule has 0 saturated carbocycles. The van der Waals surface area contributed by atoms with Gasteiger partial charge < -0.3 is 14.8 Å². The second-order valence-corrected chi connectivity index (χ2v) is 7.24. The van der Waals surface area contributed by atoms with Gasteiger partial charge in [-0.25, -0.2) is 8.78 Å². The Morgan fingerprint density at radius 2 is 1.55 bits per heavy atom. The number of amides is 2. The van der Waals surface area contributed by atoms with Crippen molar-refractivity contribution in [2.45, 2.75) is 6.54 Å². The van der Waals surface area contributed by atoms with E-state index in [4.69, 9.17) is 9.47 Å². The first-order chi connectivity index (χ1) is 15.9. The minimum Gasteiger partial charge on any atom is -0.493 e. The van der Waals surface area contributed by atoms with Crippen molar-refractivity contribution >= 4 is 23.1 Å². The number of carbonyl (C=O) groups is 2. The largest absolute Gasteiger partial charge is 0.493 e. The van der Waals surface area contributed by atoms with Crippen LogP contribution in [0.4, 0.5) is 14.5 Å². The lowest BCUT2D eigenvalue weighted by Crippen LogP contribution is -2.32. The number of ether oxygens (including phenoxy) is 2. The fraction of sp³-hybridized carbons (Fsp3) is 0.120. The molecule has 0 fully saturated rings. The molecule has 168 valence electrons. The summed E-state index contributed by atoms with van der Waals surface area (Å²) in [5, 5.41) is 2.99. The first kappa shape index (κ1) is 22.0. The third-order valence-electron chi connectivity index (χ3n) is 5.24. The zero-order chi connectivity index (χ0) is 23.5. The van der Waals surface area contributed by atoms with Gasteiger partial charge in [-0.15, -0.1) is 0 Å². The van der Waals surface area contributed by atoms with Crippen molar-refractivity contribution < 1.29 is 27.8 Å². The topological polar surface area (TPSA) is 67.9 Å². The van der Waals surface area contributed by atoms with Gasteiger partial charge in [-0.2, -0.15) is 0 Å². The highest BCUT2D eigenvalue weighted by atomic mass is 19.1. The summed E-state index contributed by atoms with van der Waals surface area (Å²) < 4.78 is 38.2. The molecule has 33 heavy (non-hydrogen) atoms. The van der Waals surface area contributed by atoms with Crippen molar-refractivity contribution in [1.82, 2.24) is 4.90 Å². The van der Waals surface area contributed by atoms with Gasteiger partial charge in [0.15, 0.2) is 11.5 Å². The number of hydrogen-bond acceptors (Lipinski definition) is 5. The van der Waals surface area contributed by atoms with Crippen LogP contribution in [-0.4, -0.2) is 30.9 Å². The minimum atomic E-state index is -0.627. The molecular formula is C25H20F2N2O4. The highest BCUT2D eigenvalue weighted by molar-refractivity contribution is 6.36. The molecule has 3 aromatic rings. The van der Waals surface area contributed by atoms with Gasteiger partial charge >= 0.3 is 0 Å². The number of imide groups is 1. The number of carbonyl (C=O) groups excluding carboxylic acids is 2. The fourth-order valence-corrected chi connectivity index (χ4v) is 3.58. The Hall–Kier alpha value is -4.20. The van der Waals surface area contributed by atoms with Gasteiger partial charge in [-0.05, 0) is 35.9 Å². The first-order valence-corrected chi connectivity index (χ1v) is 10.0. The molecule has 8 heteroatoms. The van der Waals surface area contributed by atoms with Gasteiger partial charge in [0.2, 0.25) is 0 Å². The lowest BCUT2D eigenvalue weighted by molar-refractivity contribution is -0.137. The molecule has 4 rings (SSSR count). The zero-order valence-electron chi connectivity index (χ0n) is 17.9. The zero-order valence-corrected chi connectivity index (χ0v) is 17.9. The predicted octanol–water partition coefficient (Wildman–Crippen LogP) is 4.37. The van der Waals surface area contributed by atoms with E-state index in [2.05, 4.69) is 5.32 Å². The van der Waals surface area contributed by atoms with E-state index in [0.717, 1.165) is 4.90 Å². The Balaban J connectivity index is 1.75. The van der Waals surface area contributed by atoms with Gasteiger partial charge in [-0.3, -0.25) is 14.5 Å². The fourth-order valence-electron chi connectivity index (χ4n) is 3.58. The summed E-state index contributed by atoms with van der Waals surface area (Å²) >= 11 is 0. The smallest absolute Gasteiger partial charge is 0.278 e. The molecule has 1 aliphatic heterocycles. The molecule has 0 spiro atoms. The number of methoxy groups -OCH3 is 2. The summed E-state index contributed by atoms with van der Waals surface area (Å²) in [5.74, 6) is -1.33. The lowest BCUT2D eigenvalue weighted by atomic mass is 10.0. The molecule has 3 aromatic carbocycles. The number of anilines is 1. The average Bonchev–Trinajstić information content (AvgIpc) is 3.05. The predicted molar refractivity (Wildman–Crippen MR) is 118 cm³/mol. The van der Waals surface area contributed by atoms with Crippen LogP contribution < -0.4 is 14.8 Å². The maximum Gasteiger partial charge on any atom is 0.278 e. The maximum absolute atomic E-state index is 14.2. The van der Waals surface area contributed by atoms with E-state index >= 15 is 0 Å². The van der Waals surface area contributed by atoms with Crippen molar-refractivity contribution in [3.63, 3.8) is 0 Å².